The highest BCUT2D eigenvalue weighted by Gasteiger charge is 2.13. The van der Waals surface area contributed by atoms with Gasteiger partial charge in [-0.15, -0.1) is 0 Å². The van der Waals surface area contributed by atoms with E-state index < -0.39 is 5.97 Å². The van der Waals surface area contributed by atoms with E-state index in [2.05, 4.69) is 5.10 Å². The summed E-state index contributed by atoms with van der Waals surface area (Å²) in [4.78, 5) is 10.9. The summed E-state index contributed by atoms with van der Waals surface area (Å²) in [7, 11) is 0. The van der Waals surface area contributed by atoms with Crippen molar-refractivity contribution in [3.8, 4) is 5.69 Å². The minimum atomic E-state index is -0.961. The van der Waals surface area contributed by atoms with E-state index in [1.807, 2.05) is 16.8 Å². The lowest BCUT2D eigenvalue weighted by Crippen LogP contribution is -2.06. The van der Waals surface area contributed by atoms with Gasteiger partial charge in [-0.1, -0.05) is 0 Å². The van der Waals surface area contributed by atoms with Gasteiger partial charge in [0.25, 0.3) is 0 Å². The van der Waals surface area contributed by atoms with Gasteiger partial charge in [0.1, 0.15) is 0 Å². The number of rotatable bonds is 2. The summed E-state index contributed by atoms with van der Waals surface area (Å²) in [5, 5.41) is 16.8. The molecular weight excluding hydrogens is 200 g/mol. The molecule has 0 aromatic carbocycles. The average molecular weight is 208 g/mol. The summed E-state index contributed by atoms with van der Waals surface area (Å²) in [6.07, 6.45) is 0. The van der Waals surface area contributed by atoms with E-state index >= 15 is 0 Å². The molecule has 0 aliphatic heterocycles. The van der Waals surface area contributed by atoms with Gasteiger partial charge in [-0.05, 0) is 24.4 Å². The first-order valence-electron chi connectivity index (χ1n) is 4.01. The van der Waals surface area contributed by atoms with Crippen molar-refractivity contribution in [2.24, 2.45) is 0 Å². The number of carbonyl (C=O) groups is 1. The molecule has 0 aliphatic carbocycles. The number of carboxylic acids is 1. The van der Waals surface area contributed by atoms with E-state index in [9.17, 15) is 4.79 Å². The Morgan fingerprint density at radius 3 is 3.00 bits per heavy atom. The molecular formula is C9H8N2O2S. The second kappa shape index (κ2) is 3.26. The normalized spacial score (nSPS) is 10.4. The molecule has 0 amide bonds. The summed E-state index contributed by atoms with van der Waals surface area (Å²) >= 11 is 1.51. The highest BCUT2D eigenvalue weighted by Crippen LogP contribution is 2.15. The third-order valence-corrected chi connectivity index (χ3v) is 2.47. The van der Waals surface area contributed by atoms with Crippen LogP contribution in [-0.2, 0) is 0 Å². The van der Waals surface area contributed by atoms with Gasteiger partial charge in [-0.25, -0.2) is 9.48 Å². The fourth-order valence-corrected chi connectivity index (χ4v) is 1.84. The van der Waals surface area contributed by atoms with Gasteiger partial charge in [0.05, 0.1) is 11.4 Å². The number of aromatic carboxylic acids is 1. The predicted molar refractivity (Wildman–Crippen MR) is 53.1 cm³/mol. The van der Waals surface area contributed by atoms with Crippen LogP contribution in [0, 0.1) is 6.92 Å². The molecule has 0 saturated heterocycles. The van der Waals surface area contributed by atoms with Crippen LogP contribution in [0.4, 0.5) is 0 Å². The molecule has 5 heteroatoms. The van der Waals surface area contributed by atoms with E-state index in [-0.39, 0.29) is 5.69 Å². The number of hydrogen-bond donors (Lipinski definition) is 1. The number of thiophene rings is 1. The molecule has 0 radical (unpaired) electrons. The lowest BCUT2D eigenvalue weighted by Gasteiger charge is -1.99. The highest BCUT2D eigenvalue weighted by molar-refractivity contribution is 7.08. The average Bonchev–Trinajstić information content (AvgIpc) is 2.70. The monoisotopic (exact) mass is 208 g/mol. The van der Waals surface area contributed by atoms with Crippen LogP contribution in [0.25, 0.3) is 5.69 Å². The van der Waals surface area contributed by atoms with Gasteiger partial charge in [0.15, 0.2) is 5.69 Å². The predicted octanol–water partition coefficient (Wildman–Crippen LogP) is 1.94. The van der Waals surface area contributed by atoms with Crippen molar-refractivity contribution in [3.63, 3.8) is 0 Å². The van der Waals surface area contributed by atoms with Crippen molar-refractivity contribution < 1.29 is 9.90 Å². The second-order valence-corrected chi connectivity index (χ2v) is 3.65. The maximum atomic E-state index is 10.9. The van der Waals surface area contributed by atoms with Crippen LogP contribution in [0.15, 0.2) is 22.9 Å². The first kappa shape index (κ1) is 8.96. The maximum absolute atomic E-state index is 10.9. The SMILES string of the molecule is Cc1cc(C(=O)O)n(-c2ccsc2)n1. The molecule has 2 aromatic heterocycles. The molecule has 14 heavy (non-hydrogen) atoms. The third-order valence-electron chi connectivity index (χ3n) is 1.80. The van der Waals surface area contributed by atoms with E-state index in [1.54, 1.807) is 13.0 Å². The van der Waals surface area contributed by atoms with Gasteiger partial charge >= 0.3 is 5.97 Å². The zero-order chi connectivity index (χ0) is 10.1. The Balaban J connectivity index is 2.58. The topological polar surface area (TPSA) is 55.1 Å². The summed E-state index contributed by atoms with van der Waals surface area (Å²) in [5.74, 6) is -0.961. The Labute approximate surface area is 84.4 Å². The van der Waals surface area contributed by atoms with Gasteiger partial charge in [0.2, 0.25) is 0 Å². The summed E-state index contributed by atoms with van der Waals surface area (Å²) in [6.45, 7) is 1.77. The van der Waals surface area contributed by atoms with Crippen molar-refractivity contribution in [2.45, 2.75) is 6.92 Å². The Morgan fingerprint density at radius 1 is 1.64 bits per heavy atom. The Kier molecular flexibility index (Phi) is 2.09. The number of aryl methyl sites for hydroxylation is 1. The lowest BCUT2D eigenvalue weighted by atomic mass is 10.3. The van der Waals surface area contributed by atoms with E-state index in [0.717, 1.165) is 5.69 Å². The standard InChI is InChI=1S/C9H8N2O2S/c1-6-4-8(9(12)13)11(10-6)7-2-3-14-5-7/h2-5H,1H3,(H,12,13). The molecule has 0 spiro atoms. The molecule has 4 nitrogen and oxygen atoms in total. The number of nitrogens with zero attached hydrogens (tertiary/aromatic N) is 2. The molecule has 1 N–H and O–H groups in total. The molecule has 2 rings (SSSR count). The van der Waals surface area contributed by atoms with Crippen LogP contribution in [0.3, 0.4) is 0 Å². The number of carboxylic acid groups (broad SMARTS) is 1. The highest BCUT2D eigenvalue weighted by atomic mass is 32.1. The molecule has 0 aliphatic rings. The van der Waals surface area contributed by atoms with Crippen LogP contribution >= 0.6 is 11.3 Å². The molecule has 72 valence electrons. The summed E-state index contributed by atoms with van der Waals surface area (Å²) in [6, 6.07) is 3.39. The van der Waals surface area contributed by atoms with E-state index in [1.165, 1.54) is 16.0 Å². The van der Waals surface area contributed by atoms with Crippen LogP contribution < -0.4 is 0 Å². The molecule has 0 fully saturated rings. The third kappa shape index (κ3) is 1.42. The lowest BCUT2D eigenvalue weighted by molar-refractivity contribution is 0.0687. The first-order valence-corrected chi connectivity index (χ1v) is 4.95. The first-order chi connectivity index (χ1) is 6.68. The van der Waals surface area contributed by atoms with E-state index in [4.69, 9.17) is 5.11 Å². The minimum Gasteiger partial charge on any atom is -0.477 e. The van der Waals surface area contributed by atoms with Crippen molar-refractivity contribution in [2.75, 3.05) is 0 Å². The van der Waals surface area contributed by atoms with Crippen molar-refractivity contribution >= 4 is 17.3 Å². The van der Waals surface area contributed by atoms with Crippen molar-refractivity contribution in [3.05, 3.63) is 34.3 Å². The van der Waals surface area contributed by atoms with Crippen LogP contribution in [0.2, 0.25) is 0 Å². The van der Waals surface area contributed by atoms with Gasteiger partial charge in [0, 0.05) is 5.38 Å². The Hall–Kier alpha value is -1.62. The summed E-state index contributed by atoms with van der Waals surface area (Å²) < 4.78 is 1.44. The van der Waals surface area contributed by atoms with Crippen LogP contribution in [-0.4, -0.2) is 20.9 Å². The number of aromatic nitrogens is 2. The van der Waals surface area contributed by atoms with Gasteiger partial charge < -0.3 is 5.11 Å². The molecule has 0 bridgehead atoms. The smallest absolute Gasteiger partial charge is 0.354 e. The zero-order valence-corrected chi connectivity index (χ0v) is 8.28. The van der Waals surface area contributed by atoms with Crippen LogP contribution in [0.1, 0.15) is 16.2 Å². The second-order valence-electron chi connectivity index (χ2n) is 2.87. The fourth-order valence-electron chi connectivity index (χ4n) is 1.23. The molecule has 2 heterocycles. The van der Waals surface area contributed by atoms with Gasteiger partial charge in [-0.2, -0.15) is 16.4 Å². The van der Waals surface area contributed by atoms with Crippen molar-refractivity contribution in [1.29, 1.82) is 0 Å². The van der Waals surface area contributed by atoms with Crippen molar-refractivity contribution in [1.82, 2.24) is 9.78 Å². The van der Waals surface area contributed by atoms with Gasteiger partial charge in [-0.3, -0.25) is 0 Å². The Bertz CT molecular complexity index is 459. The molecule has 2 aromatic rings. The minimum absolute atomic E-state index is 0.195. The molecule has 0 saturated carbocycles. The summed E-state index contributed by atoms with van der Waals surface area (Å²) in [5.41, 5.74) is 1.69. The van der Waals surface area contributed by atoms with Crippen LogP contribution in [0.5, 0.6) is 0 Å². The number of hydrogen-bond acceptors (Lipinski definition) is 3. The quantitative estimate of drug-likeness (QED) is 0.820. The molecule has 0 unspecified atom stereocenters. The largest absolute Gasteiger partial charge is 0.477 e. The van der Waals surface area contributed by atoms with E-state index in [0.29, 0.717) is 5.69 Å². The maximum Gasteiger partial charge on any atom is 0.354 e. The zero-order valence-electron chi connectivity index (χ0n) is 7.47. The Morgan fingerprint density at radius 2 is 2.43 bits per heavy atom. The fraction of sp³-hybridized carbons (Fsp3) is 0.111. The molecule has 0 atom stereocenters.